The van der Waals surface area contributed by atoms with Crippen LogP contribution in [-0.4, -0.2) is 23.7 Å². The Morgan fingerprint density at radius 2 is 1.62 bits per heavy atom. The summed E-state index contributed by atoms with van der Waals surface area (Å²) in [5, 5.41) is 9.37. The predicted octanol–water partition coefficient (Wildman–Crippen LogP) is 5.60. The van der Waals surface area contributed by atoms with Gasteiger partial charge in [0, 0.05) is 13.0 Å². The van der Waals surface area contributed by atoms with E-state index in [2.05, 4.69) is 12.4 Å². The third kappa shape index (κ3) is 9.46. The topological polar surface area (TPSA) is 58.6 Å². The van der Waals surface area contributed by atoms with Crippen molar-refractivity contribution in [3.05, 3.63) is 35.9 Å². The molecule has 1 rings (SSSR count). The second-order valence-electron chi connectivity index (χ2n) is 7.02. The molecular weight excluding hydrogens is 326 g/mol. The highest BCUT2D eigenvalue weighted by Gasteiger charge is 2.22. The van der Waals surface area contributed by atoms with Gasteiger partial charge < -0.3 is 9.94 Å². The summed E-state index contributed by atoms with van der Waals surface area (Å²) in [5.74, 6) is -0.0403. The van der Waals surface area contributed by atoms with Gasteiger partial charge in [-0.1, -0.05) is 89.1 Å². The van der Waals surface area contributed by atoms with Crippen LogP contribution in [0.4, 0.5) is 0 Å². The number of ether oxygens (including phenoxy) is 1. The van der Waals surface area contributed by atoms with Gasteiger partial charge in [-0.2, -0.15) is 5.48 Å². The van der Waals surface area contributed by atoms with E-state index < -0.39 is 6.04 Å². The number of hydrogen-bond donors (Lipinski definition) is 2. The van der Waals surface area contributed by atoms with Crippen LogP contribution in [0.25, 0.3) is 0 Å². The Bertz CT molecular complexity index is 464. The molecule has 2 unspecified atom stereocenters. The fraction of sp³-hybridized carbons (Fsp3) is 0.682. The van der Waals surface area contributed by atoms with Crippen LogP contribution in [0.15, 0.2) is 30.3 Å². The number of benzene rings is 1. The molecule has 0 aliphatic rings. The van der Waals surface area contributed by atoms with Crippen LogP contribution < -0.4 is 5.48 Å². The molecule has 0 aromatic heterocycles. The number of carbonyl (C=O) groups is 1. The van der Waals surface area contributed by atoms with E-state index in [1.54, 1.807) is 0 Å². The smallest absolute Gasteiger partial charge is 0.159 e. The van der Waals surface area contributed by atoms with Crippen LogP contribution in [0.2, 0.25) is 0 Å². The number of rotatable bonds is 16. The Morgan fingerprint density at radius 3 is 2.19 bits per heavy atom. The van der Waals surface area contributed by atoms with E-state index in [1.165, 1.54) is 44.9 Å². The molecule has 0 aliphatic heterocycles. The number of hydroxylamine groups is 1. The molecule has 0 amide bonds. The number of ketones is 1. The first-order valence-corrected chi connectivity index (χ1v) is 10.3. The zero-order chi connectivity index (χ0) is 19.0. The van der Waals surface area contributed by atoms with E-state index in [0.29, 0.717) is 13.0 Å². The SMILES string of the molecule is CCCCCCCCCCOC(CC)CC(=O)C(NO)c1ccccc1. The van der Waals surface area contributed by atoms with Gasteiger partial charge in [-0.05, 0) is 18.4 Å². The van der Waals surface area contributed by atoms with Gasteiger partial charge in [-0.25, -0.2) is 0 Å². The molecule has 148 valence electrons. The van der Waals surface area contributed by atoms with E-state index in [4.69, 9.17) is 4.74 Å². The van der Waals surface area contributed by atoms with E-state index in [9.17, 15) is 10.0 Å². The molecule has 0 saturated carbocycles. The van der Waals surface area contributed by atoms with Crippen molar-refractivity contribution in [1.82, 2.24) is 5.48 Å². The van der Waals surface area contributed by atoms with Crippen LogP contribution in [0.1, 0.15) is 89.7 Å². The quantitative estimate of drug-likeness (QED) is 0.296. The van der Waals surface area contributed by atoms with Crippen LogP contribution in [0.3, 0.4) is 0 Å². The summed E-state index contributed by atoms with van der Waals surface area (Å²) < 4.78 is 5.91. The lowest BCUT2D eigenvalue weighted by Gasteiger charge is -2.19. The summed E-state index contributed by atoms with van der Waals surface area (Å²) >= 11 is 0. The van der Waals surface area contributed by atoms with Crippen molar-refractivity contribution >= 4 is 5.78 Å². The molecule has 0 saturated heterocycles. The van der Waals surface area contributed by atoms with Crippen molar-refractivity contribution in [1.29, 1.82) is 0 Å². The van der Waals surface area contributed by atoms with Crippen LogP contribution in [0, 0.1) is 0 Å². The Hall–Kier alpha value is -1.23. The first-order chi connectivity index (χ1) is 12.7. The average molecular weight is 364 g/mol. The maximum absolute atomic E-state index is 12.5. The summed E-state index contributed by atoms with van der Waals surface area (Å²) in [5.41, 5.74) is 2.92. The Balaban J connectivity index is 2.23. The maximum atomic E-state index is 12.5. The van der Waals surface area contributed by atoms with Gasteiger partial charge in [0.15, 0.2) is 5.78 Å². The average Bonchev–Trinajstić information content (AvgIpc) is 2.67. The fourth-order valence-corrected chi connectivity index (χ4v) is 3.13. The van der Waals surface area contributed by atoms with Crippen molar-refractivity contribution in [2.75, 3.05) is 6.61 Å². The molecule has 0 radical (unpaired) electrons. The van der Waals surface area contributed by atoms with Crippen molar-refractivity contribution in [3.8, 4) is 0 Å². The van der Waals surface area contributed by atoms with Gasteiger partial charge in [0.1, 0.15) is 6.04 Å². The normalized spacial score (nSPS) is 13.5. The van der Waals surface area contributed by atoms with Crippen LogP contribution >= 0.6 is 0 Å². The first kappa shape index (κ1) is 22.8. The summed E-state index contributed by atoms with van der Waals surface area (Å²) in [7, 11) is 0. The molecule has 1 aromatic rings. The number of nitrogens with one attached hydrogen (secondary N) is 1. The molecule has 0 heterocycles. The molecule has 2 N–H and O–H groups in total. The highest BCUT2D eigenvalue weighted by atomic mass is 16.5. The van der Waals surface area contributed by atoms with Gasteiger partial charge >= 0.3 is 0 Å². The van der Waals surface area contributed by atoms with Crippen LogP contribution in [0.5, 0.6) is 0 Å². The molecule has 26 heavy (non-hydrogen) atoms. The zero-order valence-corrected chi connectivity index (χ0v) is 16.6. The van der Waals surface area contributed by atoms with Crippen molar-refractivity contribution in [3.63, 3.8) is 0 Å². The minimum atomic E-state index is -0.683. The van der Waals surface area contributed by atoms with Crippen molar-refractivity contribution < 1.29 is 14.7 Å². The van der Waals surface area contributed by atoms with Crippen molar-refractivity contribution in [2.45, 2.75) is 90.2 Å². The molecule has 4 nitrogen and oxygen atoms in total. The highest BCUT2D eigenvalue weighted by molar-refractivity contribution is 5.85. The number of carbonyl (C=O) groups excluding carboxylic acids is 1. The lowest BCUT2D eigenvalue weighted by molar-refractivity contribution is -0.126. The predicted molar refractivity (Wildman–Crippen MR) is 106 cm³/mol. The lowest BCUT2D eigenvalue weighted by Crippen LogP contribution is -2.29. The number of hydrogen-bond acceptors (Lipinski definition) is 4. The molecule has 1 aromatic carbocycles. The molecule has 0 aliphatic carbocycles. The minimum Gasteiger partial charge on any atom is -0.378 e. The Kier molecular flexibility index (Phi) is 13.1. The first-order valence-electron chi connectivity index (χ1n) is 10.3. The van der Waals surface area contributed by atoms with Gasteiger partial charge in [0.25, 0.3) is 0 Å². The second-order valence-corrected chi connectivity index (χ2v) is 7.02. The summed E-state index contributed by atoms with van der Waals surface area (Å²) in [4.78, 5) is 12.5. The molecule has 0 bridgehead atoms. The molecule has 4 heteroatoms. The summed E-state index contributed by atoms with van der Waals surface area (Å²) in [6.07, 6.45) is 11.2. The molecular formula is C22H37NO3. The molecule has 0 fully saturated rings. The summed E-state index contributed by atoms with van der Waals surface area (Å²) in [6, 6.07) is 8.62. The third-order valence-corrected chi connectivity index (χ3v) is 4.82. The zero-order valence-electron chi connectivity index (χ0n) is 16.6. The number of unbranched alkanes of at least 4 members (excludes halogenated alkanes) is 7. The second kappa shape index (κ2) is 14.9. The lowest BCUT2D eigenvalue weighted by atomic mass is 9.98. The Labute approximate surface area is 159 Å². The maximum Gasteiger partial charge on any atom is 0.159 e. The van der Waals surface area contributed by atoms with Gasteiger partial charge in [-0.15, -0.1) is 0 Å². The molecule has 2 atom stereocenters. The van der Waals surface area contributed by atoms with Crippen LogP contribution in [-0.2, 0) is 9.53 Å². The summed E-state index contributed by atoms with van der Waals surface area (Å²) in [6.45, 7) is 4.99. The van der Waals surface area contributed by atoms with Gasteiger partial charge in [0.2, 0.25) is 0 Å². The largest absolute Gasteiger partial charge is 0.378 e. The third-order valence-electron chi connectivity index (χ3n) is 4.82. The van der Waals surface area contributed by atoms with E-state index in [1.807, 2.05) is 37.3 Å². The van der Waals surface area contributed by atoms with Gasteiger partial charge in [0.05, 0.1) is 6.10 Å². The van der Waals surface area contributed by atoms with Crippen molar-refractivity contribution in [2.24, 2.45) is 0 Å². The van der Waals surface area contributed by atoms with E-state index in [-0.39, 0.29) is 11.9 Å². The Morgan fingerprint density at radius 1 is 1.00 bits per heavy atom. The highest BCUT2D eigenvalue weighted by Crippen LogP contribution is 2.18. The molecule has 0 spiro atoms. The standard InChI is InChI=1S/C22H37NO3/c1-3-5-6-7-8-9-10-14-17-26-20(4-2)18-21(24)22(23-25)19-15-12-11-13-16-19/h11-13,15-16,20,22-23,25H,3-10,14,17-18H2,1-2H3. The minimum absolute atomic E-state index is 0.0403. The van der Waals surface area contributed by atoms with E-state index >= 15 is 0 Å². The monoisotopic (exact) mass is 363 g/mol. The fourth-order valence-electron chi connectivity index (χ4n) is 3.13. The van der Waals surface area contributed by atoms with E-state index in [0.717, 1.165) is 18.4 Å². The van der Waals surface area contributed by atoms with Gasteiger partial charge in [-0.3, -0.25) is 4.79 Å². The number of Topliss-reactive ketones (excluding diaryl/α,β-unsaturated/α-hetero) is 1.